The summed E-state index contributed by atoms with van der Waals surface area (Å²) in [5.41, 5.74) is 6.28. The van der Waals surface area contributed by atoms with E-state index >= 15 is 0 Å². The quantitative estimate of drug-likeness (QED) is 0.296. The van der Waals surface area contributed by atoms with Crippen molar-refractivity contribution in [2.45, 2.75) is 28.7 Å². The minimum absolute atomic E-state index is 0.113. The maximum Gasteiger partial charge on any atom is 0.242 e. The van der Waals surface area contributed by atoms with E-state index in [1.54, 1.807) is 6.07 Å². The van der Waals surface area contributed by atoms with Crippen LogP contribution >= 0.6 is 0 Å². The number of aromatic nitrogens is 5. The van der Waals surface area contributed by atoms with Gasteiger partial charge in [0.2, 0.25) is 25.9 Å². The van der Waals surface area contributed by atoms with Gasteiger partial charge in [-0.1, -0.05) is 6.07 Å². The Morgan fingerprint density at radius 1 is 1.12 bits per heavy atom. The van der Waals surface area contributed by atoms with Gasteiger partial charge in [-0.05, 0) is 48.4 Å². The molecule has 1 aliphatic heterocycles. The predicted molar refractivity (Wildman–Crippen MR) is 115 cm³/mol. The van der Waals surface area contributed by atoms with E-state index in [2.05, 4.69) is 35.6 Å². The summed E-state index contributed by atoms with van der Waals surface area (Å²) in [5.74, 6) is 0.114. The molecular formula is C17H21N9O4S2. The Morgan fingerprint density at radius 2 is 1.94 bits per heavy atom. The lowest BCUT2D eigenvalue weighted by Gasteiger charge is -2.24. The first-order valence-corrected chi connectivity index (χ1v) is 12.6. The number of benzene rings is 1. The lowest BCUT2D eigenvalue weighted by molar-refractivity contribution is 0.428. The van der Waals surface area contributed by atoms with Gasteiger partial charge in [0.15, 0.2) is 0 Å². The maximum absolute atomic E-state index is 13.2. The van der Waals surface area contributed by atoms with Crippen molar-refractivity contribution in [3.8, 4) is 22.5 Å². The Morgan fingerprint density at radius 3 is 2.53 bits per heavy atom. The second-order valence-electron chi connectivity index (χ2n) is 7.23. The summed E-state index contributed by atoms with van der Waals surface area (Å²) in [4.78, 5) is 2.88. The smallest absolute Gasteiger partial charge is 0.242 e. The highest BCUT2D eigenvalue weighted by Crippen LogP contribution is 2.38. The first-order valence-electron chi connectivity index (χ1n) is 9.55. The molecule has 0 spiro atoms. The number of tetrazole rings is 1. The van der Waals surface area contributed by atoms with Crippen molar-refractivity contribution in [3.05, 3.63) is 30.5 Å². The Labute approximate surface area is 184 Å². The van der Waals surface area contributed by atoms with Crippen molar-refractivity contribution in [2.75, 3.05) is 18.8 Å². The SMILES string of the molecule is Nc1ccc(-c2ccc(S(=O)(=O)N[C@@H]3CCCNC3)c(S(N)(=O)=O)c2-c2nn[nH]n2)cn1. The van der Waals surface area contributed by atoms with Crippen LogP contribution < -0.4 is 20.9 Å². The van der Waals surface area contributed by atoms with E-state index in [1.165, 1.54) is 24.4 Å². The lowest BCUT2D eigenvalue weighted by Crippen LogP contribution is -2.45. The number of anilines is 1. The number of aromatic amines is 1. The lowest BCUT2D eigenvalue weighted by atomic mass is 10.0. The third-order valence-corrected chi connectivity index (χ3v) is 7.67. The fourth-order valence-corrected chi connectivity index (χ4v) is 6.46. The van der Waals surface area contributed by atoms with E-state index in [0.717, 1.165) is 13.0 Å². The van der Waals surface area contributed by atoms with Crippen LogP contribution in [0.4, 0.5) is 5.82 Å². The van der Waals surface area contributed by atoms with Gasteiger partial charge in [-0.3, -0.25) is 0 Å². The third-order valence-electron chi connectivity index (χ3n) is 4.98. The van der Waals surface area contributed by atoms with Crippen LogP contribution in [0.15, 0.2) is 40.3 Å². The molecule has 3 aromatic rings. The van der Waals surface area contributed by atoms with Gasteiger partial charge in [-0.15, -0.1) is 10.2 Å². The zero-order valence-electron chi connectivity index (χ0n) is 16.7. The van der Waals surface area contributed by atoms with Crippen LogP contribution in [0.3, 0.4) is 0 Å². The fourth-order valence-electron chi connectivity index (χ4n) is 3.59. The van der Waals surface area contributed by atoms with Gasteiger partial charge in [-0.2, -0.15) is 5.21 Å². The average Bonchev–Trinajstić information content (AvgIpc) is 3.28. The van der Waals surface area contributed by atoms with Gasteiger partial charge in [0.1, 0.15) is 15.6 Å². The van der Waals surface area contributed by atoms with E-state index in [9.17, 15) is 16.8 Å². The molecule has 1 aliphatic rings. The van der Waals surface area contributed by atoms with E-state index in [4.69, 9.17) is 10.9 Å². The zero-order chi connectivity index (χ0) is 22.9. The second kappa shape index (κ2) is 8.51. The van der Waals surface area contributed by atoms with Crippen molar-refractivity contribution in [2.24, 2.45) is 5.14 Å². The van der Waals surface area contributed by atoms with Crippen LogP contribution in [0, 0.1) is 0 Å². The molecule has 0 aliphatic carbocycles. The Kier molecular flexibility index (Phi) is 5.91. The highest BCUT2D eigenvalue weighted by Gasteiger charge is 2.33. The average molecular weight is 480 g/mol. The highest BCUT2D eigenvalue weighted by atomic mass is 32.2. The zero-order valence-corrected chi connectivity index (χ0v) is 18.3. The molecule has 0 amide bonds. The number of nitrogens with one attached hydrogen (secondary N) is 3. The number of pyridine rings is 1. The summed E-state index contributed by atoms with van der Waals surface area (Å²) in [5, 5.41) is 22.1. The standard InChI is InChI=1S/C17H21N9O4S2/c18-14-6-3-10(8-21-14)12-4-5-13(32(29,30)24-11-2-1-7-20-9-11)16(31(19,27)28)15(12)17-22-25-26-23-17/h3-6,8,11,20,24H,1-2,7,9H2,(H2,18,21)(H2,19,27,28)(H,22,23,25,26)/t11-/m1/s1. The largest absolute Gasteiger partial charge is 0.384 e. The number of piperidine rings is 1. The van der Waals surface area contributed by atoms with Crippen molar-refractivity contribution in [1.29, 1.82) is 0 Å². The number of rotatable bonds is 6. The Balaban J connectivity index is 1.96. The van der Waals surface area contributed by atoms with Gasteiger partial charge in [0.25, 0.3) is 0 Å². The molecule has 170 valence electrons. The second-order valence-corrected chi connectivity index (χ2v) is 10.4. The number of H-pyrrole nitrogens is 1. The minimum Gasteiger partial charge on any atom is -0.384 e. The summed E-state index contributed by atoms with van der Waals surface area (Å²) >= 11 is 0. The number of nitrogens with two attached hydrogens (primary N) is 2. The molecule has 1 fully saturated rings. The maximum atomic E-state index is 13.2. The normalized spacial score (nSPS) is 17.3. The molecule has 13 nitrogen and oxygen atoms in total. The van der Waals surface area contributed by atoms with E-state index in [0.29, 0.717) is 24.1 Å². The van der Waals surface area contributed by atoms with Crippen LogP contribution in [0.2, 0.25) is 0 Å². The van der Waals surface area contributed by atoms with Crippen molar-refractivity contribution in [1.82, 2.24) is 35.6 Å². The van der Waals surface area contributed by atoms with E-state index < -0.39 is 35.9 Å². The number of nitrogen functional groups attached to an aromatic ring is 1. The molecule has 7 N–H and O–H groups in total. The van der Waals surface area contributed by atoms with Crippen LogP contribution in [0.1, 0.15) is 12.8 Å². The molecule has 1 aromatic carbocycles. The number of sulfonamides is 2. The molecule has 1 atom stereocenters. The van der Waals surface area contributed by atoms with Crippen molar-refractivity contribution in [3.63, 3.8) is 0 Å². The molecule has 4 rings (SSSR count). The van der Waals surface area contributed by atoms with Crippen LogP contribution in [0.5, 0.6) is 0 Å². The van der Waals surface area contributed by atoms with Gasteiger partial charge in [0, 0.05) is 24.3 Å². The number of primary sulfonamides is 1. The molecule has 2 aromatic heterocycles. The topological polar surface area (TPSA) is 212 Å². The van der Waals surface area contributed by atoms with Gasteiger partial charge in [0.05, 0.1) is 5.56 Å². The molecule has 3 heterocycles. The van der Waals surface area contributed by atoms with Gasteiger partial charge < -0.3 is 11.1 Å². The Hall–Kier alpha value is -2.98. The van der Waals surface area contributed by atoms with E-state index in [-0.39, 0.29) is 17.2 Å². The number of hydrogen-bond donors (Lipinski definition) is 5. The molecule has 32 heavy (non-hydrogen) atoms. The van der Waals surface area contributed by atoms with Gasteiger partial charge in [-0.25, -0.2) is 31.7 Å². The summed E-state index contributed by atoms with van der Waals surface area (Å²) in [6.45, 7) is 1.21. The number of hydrogen-bond acceptors (Lipinski definition) is 10. The fraction of sp³-hybridized carbons (Fsp3) is 0.294. The molecule has 1 saturated heterocycles. The summed E-state index contributed by atoms with van der Waals surface area (Å²) in [6, 6.07) is 5.37. The van der Waals surface area contributed by atoms with Crippen molar-refractivity contribution >= 4 is 25.9 Å². The molecule has 0 unspecified atom stereocenters. The summed E-state index contributed by atoms with van der Waals surface area (Å²) in [6.07, 6.45) is 2.82. The van der Waals surface area contributed by atoms with Gasteiger partial charge >= 0.3 is 0 Å². The first kappa shape index (κ1) is 22.2. The third kappa shape index (κ3) is 4.46. The van der Waals surface area contributed by atoms with E-state index in [1.807, 2.05) is 0 Å². The number of nitrogens with zero attached hydrogens (tertiary/aromatic N) is 4. The predicted octanol–water partition coefficient (Wildman–Crippen LogP) is -0.811. The summed E-state index contributed by atoms with van der Waals surface area (Å²) in [7, 11) is -8.82. The van der Waals surface area contributed by atoms with Crippen LogP contribution in [0.25, 0.3) is 22.5 Å². The summed E-state index contributed by atoms with van der Waals surface area (Å²) < 4.78 is 54.4. The Bertz CT molecular complexity index is 1320. The first-order chi connectivity index (χ1) is 15.2. The van der Waals surface area contributed by atoms with Crippen LogP contribution in [-0.4, -0.2) is 61.6 Å². The monoisotopic (exact) mass is 479 g/mol. The molecular weight excluding hydrogens is 458 g/mol. The molecule has 0 radical (unpaired) electrons. The molecule has 15 heteroatoms. The highest BCUT2D eigenvalue weighted by molar-refractivity contribution is 7.92. The van der Waals surface area contributed by atoms with Crippen LogP contribution in [-0.2, 0) is 20.0 Å². The minimum atomic E-state index is -4.55. The molecule has 0 bridgehead atoms. The van der Waals surface area contributed by atoms with Crippen molar-refractivity contribution < 1.29 is 16.8 Å². The molecule has 0 saturated carbocycles.